The zero-order chi connectivity index (χ0) is 13.0. The summed E-state index contributed by atoms with van der Waals surface area (Å²) in [5, 5.41) is 12.8. The maximum Gasteiger partial charge on any atom is 0.244 e. The first-order valence-electron chi connectivity index (χ1n) is 6.26. The van der Waals surface area contributed by atoms with Crippen molar-refractivity contribution in [3.63, 3.8) is 0 Å². The third-order valence-corrected chi connectivity index (χ3v) is 3.24. The van der Waals surface area contributed by atoms with E-state index in [1.165, 1.54) is 11.0 Å². The van der Waals surface area contributed by atoms with E-state index in [1.54, 1.807) is 0 Å². The smallest absolute Gasteiger partial charge is 0.244 e. The zero-order valence-electron chi connectivity index (χ0n) is 10.3. The second-order valence-corrected chi connectivity index (χ2v) is 4.55. The average molecular weight is 253 g/mol. The summed E-state index contributed by atoms with van der Waals surface area (Å²) in [7, 11) is 0. The fraction of sp³-hybridized carbons (Fsp3) is 0.727. The van der Waals surface area contributed by atoms with E-state index in [0.717, 1.165) is 32.2 Å². The standard InChI is InChI=1S/C11H19N5O2/c12-11-13-8-15(14-11)7-10(18)16-5-1-3-9(16)4-2-6-17/h8-9,17H,1-7H2,(H2,12,14). The van der Waals surface area contributed by atoms with Crippen LogP contribution in [-0.2, 0) is 11.3 Å². The van der Waals surface area contributed by atoms with Gasteiger partial charge in [-0.15, -0.1) is 5.10 Å². The molecule has 1 fully saturated rings. The monoisotopic (exact) mass is 253 g/mol. The van der Waals surface area contributed by atoms with Crippen molar-refractivity contribution in [3.8, 4) is 0 Å². The molecule has 7 nitrogen and oxygen atoms in total. The molecular formula is C11H19N5O2. The fourth-order valence-electron chi connectivity index (χ4n) is 2.41. The van der Waals surface area contributed by atoms with Gasteiger partial charge in [-0.25, -0.2) is 9.67 Å². The van der Waals surface area contributed by atoms with Crippen molar-refractivity contribution in [1.82, 2.24) is 19.7 Å². The number of hydrogen-bond donors (Lipinski definition) is 2. The Bertz CT molecular complexity index is 406. The van der Waals surface area contributed by atoms with Crippen LogP contribution in [0.5, 0.6) is 0 Å². The van der Waals surface area contributed by atoms with E-state index in [-0.39, 0.29) is 31.0 Å². The summed E-state index contributed by atoms with van der Waals surface area (Å²) in [6, 6.07) is 0.255. The minimum atomic E-state index is 0.0420. The molecule has 0 aromatic carbocycles. The second-order valence-electron chi connectivity index (χ2n) is 4.55. The van der Waals surface area contributed by atoms with Crippen LogP contribution in [0.2, 0.25) is 0 Å². The molecule has 2 rings (SSSR count). The van der Waals surface area contributed by atoms with Gasteiger partial charge in [0.15, 0.2) is 0 Å². The van der Waals surface area contributed by atoms with E-state index >= 15 is 0 Å². The van der Waals surface area contributed by atoms with E-state index in [0.29, 0.717) is 0 Å². The molecule has 0 aliphatic carbocycles. The van der Waals surface area contributed by atoms with Crippen LogP contribution < -0.4 is 5.73 Å². The summed E-state index contributed by atoms with van der Waals surface area (Å²) >= 11 is 0. The third-order valence-electron chi connectivity index (χ3n) is 3.24. The molecule has 1 aliphatic heterocycles. The normalized spacial score (nSPS) is 19.4. The van der Waals surface area contributed by atoms with Crippen molar-refractivity contribution < 1.29 is 9.90 Å². The molecule has 100 valence electrons. The molecule has 1 aromatic rings. The number of aliphatic hydroxyl groups is 1. The summed E-state index contributed by atoms with van der Waals surface area (Å²) < 4.78 is 1.46. The molecular weight excluding hydrogens is 234 g/mol. The van der Waals surface area contributed by atoms with Crippen molar-refractivity contribution in [2.24, 2.45) is 0 Å². The largest absolute Gasteiger partial charge is 0.396 e. The molecule has 3 N–H and O–H groups in total. The lowest BCUT2D eigenvalue weighted by Crippen LogP contribution is -2.38. The van der Waals surface area contributed by atoms with Gasteiger partial charge in [0.25, 0.3) is 0 Å². The number of rotatable bonds is 5. The van der Waals surface area contributed by atoms with Gasteiger partial charge >= 0.3 is 0 Å². The second kappa shape index (κ2) is 5.81. The summed E-state index contributed by atoms with van der Waals surface area (Å²) in [6.07, 6.45) is 5.12. The quantitative estimate of drug-likeness (QED) is 0.745. The van der Waals surface area contributed by atoms with Gasteiger partial charge in [0.2, 0.25) is 11.9 Å². The van der Waals surface area contributed by atoms with Gasteiger partial charge in [0.1, 0.15) is 12.9 Å². The Morgan fingerprint density at radius 1 is 1.61 bits per heavy atom. The molecule has 1 unspecified atom stereocenters. The summed E-state index contributed by atoms with van der Waals surface area (Å²) in [4.78, 5) is 17.8. The van der Waals surface area contributed by atoms with E-state index in [1.807, 2.05) is 4.90 Å². The maximum atomic E-state index is 12.1. The third kappa shape index (κ3) is 2.98. The Balaban J connectivity index is 1.91. The first-order valence-corrected chi connectivity index (χ1v) is 6.26. The number of nitrogens with zero attached hydrogens (tertiary/aromatic N) is 4. The van der Waals surface area contributed by atoms with Gasteiger partial charge in [-0.2, -0.15) is 0 Å². The number of anilines is 1. The van der Waals surface area contributed by atoms with E-state index in [4.69, 9.17) is 10.8 Å². The lowest BCUT2D eigenvalue weighted by molar-refractivity contribution is -0.133. The van der Waals surface area contributed by atoms with Gasteiger partial charge in [-0.1, -0.05) is 0 Å². The Kier molecular flexibility index (Phi) is 4.14. The highest BCUT2D eigenvalue weighted by molar-refractivity contribution is 5.76. The van der Waals surface area contributed by atoms with Crippen LogP contribution in [0, 0.1) is 0 Å². The number of hydrogen-bond acceptors (Lipinski definition) is 5. The zero-order valence-corrected chi connectivity index (χ0v) is 10.3. The van der Waals surface area contributed by atoms with Crippen LogP contribution in [0.4, 0.5) is 5.95 Å². The average Bonchev–Trinajstić information content (AvgIpc) is 2.95. The van der Waals surface area contributed by atoms with Crippen molar-refractivity contribution in [1.29, 1.82) is 0 Å². The lowest BCUT2D eigenvalue weighted by atomic mass is 10.1. The van der Waals surface area contributed by atoms with Crippen LogP contribution in [0.15, 0.2) is 6.33 Å². The number of aliphatic hydroxyl groups excluding tert-OH is 1. The molecule has 0 radical (unpaired) electrons. The summed E-state index contributed by atoms with van der Waals surface area (Å²) in [5.41, 5.74) is 5.41. The minimum Gasteiger partial charge on any atom is -0.396 e. The predicted octanol–water partition coefficient (Wildman–Crippen LogP) is -0.376. The van der Waals surface area contributed by atoms with Gasteiger partial charge in [-0.3, -0.25) is 4.79 Å². The number of carbonyl (C=O) groups excluding carboxylic acids is 1. The van der Waals surface area contributed by atoms with Crippen LogP contribution in [0.25, 0.3) is 0 Å². The first-order chi connectivity index (χ1) is 8.70. The molecule has 1 saturated heterocycles. The van der Waals surface area contributed by atoms with Gasteiger partial charge < -0.3 is 15.7 Å². The van der Waals surface area contributed by atoms with E-state index in [2.05, 4.69) is 10.1 Å². The van der Waals surface area contributed by atoms with Gasteiger partial charge in [0, 0.05) is 19.2 Å². The Hall–Kier alpha value is -1.63. The highest BCUT2D eigenvalue weighted by atomic mass is 16.3. The van der Waals surface area contributed by atoms with E-state index < -0.39 is 0 Å². The molecule has 0 saturated carbocycles. The van der Waals surface area contributed by atoms with Crippen LogP contribution in [0.3, 0.4) is 0 Å². The lowest BCUT2D eigenvalue weighted by Gasteiger charge is -2.24. The number of aromatic nitrogens is 3. The molecule has 7 heteroatoms. The molecule has 0 spiro atoms. The van der Waals surface area contributed by atoms with Crippen LogP contribution in [-0.4, -0.2) is 49.9 Å². The van der Waals surface area contributed by atoms with Crippen molar-refractivity contribution >= 4 is 11.9 Å². The Labute approximate surface area is 106 Å². The van der Waals surface area contributed by atoms with Gasteiger partial charge in [-0.05, 0) is 25.7 Å². The van der Waals surface area contributed by atoms with Gasteiger partial charge in [0.05, 0.1) is 0 Å². The van der Waals surface area contributed by atoms with Crippen molar-refractivity contribution in [2.75, 3.05) is 18.9 Å². The van der Waals surface area contributed by atoms with Crippen molar-refractivity contribution in [2.45, 2.75) is 38.3 Å². The molecule has 1 amide bonds. The highest BCUT2D eigenvalue weighted by Gasteiger charge is 2.28. The number of carbonyl (C=O) groups is 1. The molecule has 1 aliphatic rings. The molecule has 0 bridgehead atoms. The number of amides is 1. The minimum absolute atomic E-state index is 0.0420. The topological polar surface area (TPSA) is 97.3 Å². The summed E-state index contributed by atoms with van der Waals surface area (Å²) in [5.74, 6) is 0.224. The van der Waals surface area contributed by atoms with E-state index in [9.17, 15) is 4.79 Å². The Morgan fingerprint density at radius 2 is 2.44 bits per heavy atom. The number of nitrogens with two attached hydrogens (primary N) is 1. The van der Waals surface area contributed by atoms with Crippen LogP contribution in [0.1, 0.15) is 25.7 Å². The number of nitrogen functional groups attached to an aromatic ring is 1. The highest BCUT2D eigenvalue weighted by Crippen LogP contribution is 2.21. The molecule has 2 heterocycles. The fourth-order valence-corrected chi connectivity index (χ4v) is 2.41. The Morgan fingerprint density at radius 3 is 3.11 bits per heavy atom. The predicted molar refractivity (Wildman–Crippen MR) is 65.5 cm³/mol. The van der Waals surface area contributed by atoms with Crippen molar-refractivity contribution in [3.05, 3.63) is 6.33 Å². The number of likely N-dealkylation sites (tertiary alicyclic amines) is 1. The molecule has 1 aromatic heterocycles. The van der Waals surface area contributed by atoms with Crippen LogP contribution >= 0.6 is 0 Å². The SMILES string of the molecule is Nc1ncn(CC(=O)N2CCCC2CCCO)n1. The molecule has 1 atom stereocenters. The first kappa shape index (κ1) is 12.8. The summed E-state index contributed by atoms with van der Waals surface area (Å²) in [6.45, 7) is 1.15. The molecule has 18 heavy (non-hydrogen) atoms. The maximum absolute atomic E-state index is 12.1.